The highest BCUT2D eigenvalue weighted by molar-refractivity contribution is 5.92. The number of rotatable bonds is 4. The quantitative estimate of drug-likeness (QED) is 0.849. The Bertz CT molecular complexity index is 380. The molecule has 2 N–H and O–H groups in total. The molecule has 0 spiro atoms. The first-order chi connectivity index (χ1) is 8.25. The summed E-state index contributed by atoms with van der Waals surface area (Å²) in [6.45, 7) is 0. The minimum atomic E-state index is -0.329. The van der Waals surface area contributed by atoms with Gasteiger partial charge in [0.15, 0.2) is 0 Å². The van der Waals surface area contributed by atoms with E-state index >= 15 is 0 Å². The van der Waals surface area contributed by atoms with E-state index < -0.39 is 0 Å². The van der Waals surface area contributed by atoms with E-state index in [1.165, 1.54) is 44.1 Å². The fourth-order valence-corrected chi connectivity index (χ4v) is 2.73. The number of hydrogen-bond acceptors (Lipinski definition) is 1. The maximum Gasteiger partial charge on any atom is 0.248 e. The zero-order valence-corrected chi connectivity index (χ0v) is 10.3. The van der Waals surface area contributed by atoms with Crippen molar-refractivity contribution >= 4 is 5.91 Å². The lowest BCUT2D eigenvalue weighted by Crippen LogP contribution is -2.11. The molecule has 0 bridgehead atoms. The summed E-state index contributed by atoms with van der Waals surface area (Å²) in [7, 11) is 0. The average Bonchev–Trinajstić information content (AvgIpc) is 2.38. The Morgan fingerprint density at radius 3 is 2.71 bits per heavy atom. The molecule has 1 fully saturated rings. The van der Waals surface area contributed by atoms with Gasteiger partial charge >= 0.3 is 0 Å². The smallest absolute Gasteiger partial charge is 0.248 e. The van der Waals surface area contributed by atoms with Crippen LogP contribution >= 0.6 is 0 Å². The second-order valence-electron chi connectivity index (χ2n) is 5.11. The Labute approximate surface area is 103 Å². The van der Waals surface area contributed by atoms with Gasteiger partial charge in [0.1, 0.15) is 0 Å². The van der Waals surface area contributed by atoms with E-state index in [9.17, 15) is 4.79 Å². The van der Waals surface area contributed by atoms with Crippen LogP contribution in [0.1, 0.15) is 54.4 Å². The molecule has 92 valence electrons. The molecule has 0 radical (unpaired) electrons. The molecule has 0 atom stereocenters. The largest absolute Gasteiger partial charge is 0.366 e. The summed E-state index contributed by atoms with van der Waals surface area (Å²) >= 11 is 0. The number of carbonyl (C=O) groups is 1. The van der Waals surface area contributed by atoms with Crippen LogP contribution in [0.15, 0.2) is 24.3 Å². The number of carbonyl (C=O) groups excluding carboxylic acids is 1. The van der Waals surface area contributed by atoms with Crippen molar-refractivity contribution in [3.8, 4) is 0 Å². The Kier molecular flexibility index (Phi) is 4.18. The third-order valence-corrected chi connectivity index (χ3v) is 3.78. The van der Waals surface area contributed by atoms with Gasteiger partial charge in [-0.05, 0) is 36.5 Å². The van der Waals surface area contributed by atoms with Crippen LogP contribution in [0.25, 0.3) is 0 Å². The van der Waals surface area contributed by atoms with E-state index in [4.69, 9.17) is 5.73 Å². The Balaban J connectivity index is 1.89. The van der Waals surface area contributed by atoms with E-state index in [2.05, 4.69) is 6.07 Å². The number of primary amides is 1. The van der Waals surface area contributed by atoms with Gasteiger partial charge in [-0.25, -0.2) is 0 Å². The van der Waals surface area contributed by atoms with Gasteiger partial charge in [-0.2, -0.15) is 0 Å². The number of benzene rings is 1. The van der Waals surface area contributed by atoms with Crippen LogP contribution in [0.5, 0.6) is 0 Å². The van der Waals surface area contributed by atoms with Gasteiger partial charge in [0.2, 0.25) is 5.91 Å². The zero-order valence-electron chi connectivity index (χ0n) is 10.3. The van der Waals surface area contributed by atoms with Crippen LogP contribution in [0, 0.1) is 5.92 Å². The number of aryl methyl sites for hydroxylation is 1. The summed E-state index contributed by atoms with van der Waals surface area (Å²) < 4.78 is 0. The zero-order chi connectivity index (χ0) is 12.1. The van der Waals surface area contributed by atoms with E-state index in [-0.39, 0.29) is 5.91 Å². The van der Waals surface area contributed by atoms with Gasteiger partial charge in [-0.15, -0.1) is 0 Å². The molecule has 1 aliphatic carbocycles. The van der Waals surface area contributed by atoms with E-state index in [0.717, 1.165) is 12.3 Å². The van der Waals surface area contributed by atoms with Crippen LogP contribution < -0.4 is 5.73 Å². The van der Waals surface area contributed by atoms with E-state index in [0.29, 0.717) is 5.56 Å². The third kappa shape index (κ3) is 3.58. The SMILES string of the molecule is NC(=O)c1cccc(CCC2CCCCC2)c1. The van der Waals surface area contributed by atoms with Crippen molar-refractivity contribution in [3.63, 3.8) is 0 Å². The summed E-state index contributed by atoms with van der Waals surface area (Å²) in [6.07, 6.45) is 9.30. The van der Waals surface area contributed by atoms with Gasteiger partial charge in [0.25, 0.3) is 0 Å². The molecular weight excluding hydrogens is 210 g/mol. The first-order valence-electron chi connectivity index (χ1n) is 6.64. The Morgan fingerprint density at radius 1 is 1.24 bits per heavy atom. The average molecular weight is 231 g/mol. The highest BCUT2D eigenvalue weighted by Crippen LogP contribution is 2.27. The molecule has 1 saturated carbocycles. The fraction of sp³-hybridized carbons (Fsp3) is 0.533. The predicted octanol–water partition coefficient (Wildman–Crippen LogP) is 3.30. The summed E-state index contributed by atoms with van der Waals surface area (Å²) in [6, 6.07) is 7.74. The lowest BCUT2D eigenvalue weighted by molar-refractivity contribution is 0.1000. The number of amides is 1. The second kappa shape index (κ2) is 5.85. The summed E-state index contributed by atoms with van der Waals surface area (Å²) in [4.78, 5) is 11.1. The van der Waals surface area contributed by atoms with E-state index in [1.807, 2.05) is 12.1 Å². The summed E-state index contributed by atoms with van der Waals surface area (Å²) in [5, 5.41) is 0. The van der Waals surface area contributed by atoms with Crippen molar-refractivity contribution in [3.05, 3.63) is 35.4 Å². The van der Waals surface area contributed by atoms with Crippen LogP contribution in [-0.2, 0) is 6.42 Å². The van der Waals surface area contributed by atoms with Gasteiger partial charge in [0, 0.05) is 5.56 Å². The van der Waals surface area contributed by atoms with Crippen LogP contribution in [0.2, 0.25) is 0 Å². The lowest BCUT2D eigenvalue weighted by atomic mass is 9.85. The molecule has 0 unspecified atom stereocenters. The van der Waals surface area contributed by atoms with Crippen molar-refractivity contribution < 1.29 is 4.79 Å². The maximum atomic E-state index is 11.1. The van der Waals surface area contributed by atoms with Gasteiger partial charge in [0.05, 0.1) is 0 Å². The second-order valence-corrected chi connectivity index (χ2v) is 5.11. The van der Waals surface area contributed by atoms with Crippen molar-refractivity contribution in [1.82, 2.24) is 0 Å². The van der Waals surface area contributed by atoms with Crippen LogP contribution in [0.4, 0.5) is 0 Å². The monoisotopic (exact) mass is 231 g/mol. The molecule has 0 aliphatic heterocycles. The molecule has 0 heterocycles. The molecule has 2 heteroatoms. The standard InChI is InChI=1S/C15H21NO/c16-15(17)14-8-4-7-13(11-14)10-9-12-5-2-1-3-6-12/h4,7-8,11-12H,1-3,5-6,9-10H2,(H2,16,17). The molecule has 0 saturated heterocycles. The highest BCUT2D eigenvalue weighted by atomic mass is 16.1. The molecule has 17 heavy (non-hydrogen) atoms. The molecule has 1 amide bonds. The summed E-state index contributed by atoms with van der Waals surface area (Å²) in [5.41, 5.74) is 7.16. The molecule has 1 aliphatic rings. The minimum Gasteiger partial charge on any atom is -0.366 e. The fourth-order valence-electron chi connectivity index (χ4n) is 2.73. The minimum absolute atomic E-state index is 0.329. The maximum absolute atomic E-state index is 11.1. The van der Waals surface area contributed by atoms with Crippen LogP contribution in [0.3, 0.4) is 0 Å². The highest BCUT2D eigenvalue weighted by Gasteiger charge is 2.13. The van der Waals surface area contributed by atoms with Crippen molar-refractivity contribution in [2.45, 2.75) is 44.9 Å². The van der Waals surface area contributed by atoms with Gasteiger partial charge < -0.3 is 5.73 Å². The molecule has 1 aromatic carbocycles. The normalized spacial score (nSPS) is 16.9. The van der Waals surface area contributed by atoms with Crippen LogP contribution in [-0.4, -0.2) is 5.91 Å². The van der Waals surface area contributed by atoms with Gasteiger partial charge in [-0.1, -0.05) is 44.2 Å². The predicted molar refractivity (Wildman–Crippen MR) is 69.9 cm³/mol. The van der Waals surface area contributed by atoms with E-state index in [1.54, 1.807) is 6.07 Å². The summed E-state index contributed by atoms with van der Waals surface area (Å²) in [5.74, 6) is 0.561. The molecule has 2 rings (SSSR count). The number of nitrogens with two attached hydrogens (primary N) is 1. The lowest BCUT2D eigenvalue weighted by Gasteiger charge is -2.21. The molecule has 2 nitrogen and oxygen atoms in total. The van der Waals surface area contributed by atoms with Crippen molar-refractivity contribution in [2.75, 3.05) is 0 Å². The Hall–Kier alpha value is -1.31. The molecule has 0 aromatic heterocycles. The first kappa shape index (κ1) is 12.2. The first-order valence-corrected chi connectivity index (χ1v) is 6.64. The van der Waals surface area contributed by atoms with Crippen molar-refractivity contribution in [1.29, 1.82) is 0 Å². The number of hydrogen-bond donors (Lipinski definition) is 1. The topological polar surface area (TPSA) is 43.1 Å². The molecule has 1 aromatic rings. The van der Waals surface area contributed by atoms with Crippen molar-refractivity contribution in [2.24, 2.45) is 11.7 Å². The third-order valence-electron chi connectivity index (χ3n) is 3.78. The molecular formula is C15H21NO. The Morgan fingerprint density at radius 2 is 2.00 bits per heavy atom. The van der Waals surface area contributed by atoms with Gasteiger partial charge in [-0.3, -0.25) is 4.79 Å².